The molecule has 1 fully saturated rings. The van der Waals surface area contributed by atoms with Gasteiger partial charge in [-0.1, -0.05) is 22.0 Å². The van der Waals surface area contributed by atoms with Crippen LogP contribution in [-0.4, -0.2) is 11.4 Å². The molecule has 0 saturated heterocycles. The maximum atomic E-state index is 12.9. The summed E-state index contributed by atoms with van der Waals surface area (Å²) in [6.07, 6.45) is 3.51. The van der Waals surface area contributed by atoms with Crippen LogP contribution in [0.3, 0.4) is 0 Å². The molecule has 88 valence electrons. The Balaban J connectivity index is 1.99. The maximum Gasteiger partial charge on any atom is 0.124 e. The first kappa shape index (κ1) is 12.3. The van der Waals surface area contributed by atoms with Crippen LogP contribution in [0.2, 0.25) is 0 Å². The molecular formula is C12H14BrClFN. The molecule has 0 aromatic heterocycles. The van der Waals surface area contributed by atoms with Crippen molar-refractivity contribution in [2.75, 3.05) is 5.88 Å². The van der Waals surface area contributed by atoms with Crippen LogP contribution in [0, 0.1) is 5.82 Å². The van der Waals surface area contributed by atoms with Gasteiger partial charge in [0.25, 0.3) is 0 Å². The summed E-state index contributed by atoms with van der Waals surface area (Å²) in [4.78, 5) is 0. The lowest BCUT2D eigenvalue weighted by molar-refractivity contribution is 0.211. The van der Waals surface area contributed by atoms with Crippen molar-refractivity contribution in [3.63, 3.8) is 0 Å². The predicted molar refractivity (Wildman–Crippen MR) is 68.2 cm³/mol. The molecule has 0 bridgehead atoms. The second kappa shape index (κ2) is 5.03. The van der Waals surface area contributed by atoms with E-state index in [1.165, 1.54) is 18.6 Å². The molecule has 1 aliphatic rings. The van der Waals surface area contributed by atoms with E-state index in [-0.39, 0.29) is 11.4 Å². The second-order valence-electron chi connectivity index (χ2n) is 4.36. The van der Waals surface area contributed by atoms with Gasteiger partial charge in [0.05, 0.1) is 0 Å². The largest absolute Gasteiger partial charge is 0.306 e. The Hall–Kier alpha value is -0.120. The zero-order valence-electron chi connectivity index (χ0n) is 8.90. The van der Waals surface area contributed by atoms with E-state index in [1.807, 2.05) is 0 Å². The summed E-state index contributed by atoms with van der Waals surface area (Å²) in [6.45, 7) is 0.730. The van der Waals surface area contributed by atoms with Gasteiger partial charge in [-0.25, -0.2) is 4.39 Å². The van der Waals surface area contributed by atoms with Crippen molar-refractivity contribution < 1.29 is 4.39 Å². The van der Waals surface area contributed by atoms with Crippen LogP contribution in [0.15, 0.2) is 22.7 Å². The number of halogens is 3. The van der Waals surface area contributed by atoms with E-state index in [1.54, 1.807) is 6.07 Å². The Morgan fingerprint density at radius 3 is 2.69 bits per heavy atom. The number of benzene rings is 1. The van der Waals surface area contributed by atoms with E-state index in [0.29, 0.717) is 5.88 Å². The Labute approximate surface area is 109 Å². The number of hydrogen-bond donors (Lipinski definition) is 1. The highest BCUT2D eigenvalue weighted by Crippen LogP contribution is 2.33. The highest BCUT2D eigenvalue weighted by molar-refractivity contribution is 9.10. The average Bonchev–Trinajstić information content (AvgIpc) is 2.19. The van der Waals surface area contributed by atoms with Gasteiger partial charge in [-0.05, 0) is 37.0 Å². The van der Waals surface area contributed by atoms with Crippen molar-refractivity contribution in [3.8, 4) is 0 Å². The fourth-order valence-electron chi connectivity index (χ4n) is 1.91. The zero-order chi connectivity index (χ0) is 11.6. The monoisotopic (exact) mass is 305 g/mol. The SMILES string of the molecule is Fc1ccc(CNC2(CCl)CCC2)c(Br)c1. The quantitative estimate of drug-likeness (QED) is 0.834. The molecule has 4 heteroatoms. The number of nitrogens with one attached hydrogen (secondary N) is 1. The highest BCUT2D eigenvalue weighted by atomic mass is 79.9. The molecule has 1 aromatic rings. The van der Waals surface area contributed by atoms with E-state index in [9.17, 15) is 4.39 Å². The van der Waals surface area contributed by atoms with Crippen LogP contribution >= 0.6 is 27.5 Å². The van der Waals surface area contributed by atoms with Crippen LogP contribution in [0.25, 0.3) is 0 Å². The minimum absolute atomic E-state index is 0.107. The van der Waals surface area contributed by atoms with Crippen molar-refractivity contribution >= 4 is 27.5 Å². The highest BCUT2D eigenvalue weighted by Gasteiger charge is 2.35. The van der Waals surface area contributed by atoms with E-state index < -0.39 is 0 Å². The predicted octanol–water partition coefficient (Wildman–Crippen LogP) is 3.84. The number of hydrogen-bond acceptors (Lipinski definition) is 1. The van der Waals surface area contributed by atoms with Crippen LogP contribution in [-0.2, 0) is 6.54 Å². The molecule has 1 aliphatic carbocycles. The summed E-state index contributed by atoms with van der Waals surface area (Å²) >= 11 is 9.32. The lowest BCUT2D eigenvalue weighted by atomic mass is 9.78. The Morgan fingerprint density at radius 2 is 2.19 bits per heavy atom. The third kappa shape index (κ3) is 2.58. The fourth-order valence-corrected chi connectivity index (χ4v) is 2.76. The summed E-state index contributed by atoms with van der Waals surface area (Å²) in [6, 6.07) is 4.77. The van der Waals surface area contributed by atoms with E-state index in [0.717, 1.165) is 29.4 Å². The van der Waals surface area contributed by atoms with Gasteiger partial charge in [0.1, 0.15) is 5.82 Å². The van der Waals surface area contributed by atoms with Crippen LogP contribution in [0.1, 0.15) is 24.8 Å². The molecule has 0 radical (unpaired) electrons. The molecule has 0 atom stereocenters. The molecule has 0 unspecified atom stereocenters. The molecule has 1 aromatic carbocycles. The molecule has 0 aliphatic heterocycles. The molecule has 0 amide bonds. The van der Waals surface area contributed by atoms with Gasteiger partial charge in [-0.2, -0.15) is 0 Å². The topological polar surface area (TPSA) is 12.0 Å². The van der Waals surface area contributed by atoms with E-state index in [2.05, 4.69) is 21.2 Å². The maximum absolute atomic E-state index is 12.9. The van der Waals surface area contributed by atoms with Gasteiger partial charge in [0, 0.05) is 22.4 Å². The van der Waals surface area contributed by atoms with Crippen LogP contribution in [0.4, 0.5) is 4.39 Å². The Morgan fingerprint density at radius 1 is 1.44 bits per heavy atom. The van der Waals surface area contributed by atoms with Crippen molar-refractivity contribution in [3.05, 3.63) is 34.1 Å². The van der Waals surface area contributed by atoms with Gasteiger partial charge >= 0.3 is 0 Å². The number of alkyl halides is 1. The van der Waals surface area contributed by atoms with Crippen molar-refractivity contribution in [1.82, 2.24) is 5.32 Å². The van der Waals surface area contributed by atoms with Gasteiger partial charge in [-0.15, -0.1) is 11.6 Å². The fraction of sp³-hybridized carbons (Fsp3) is 0.500. The van der Waals surface area contributed by atoms with Crippen molar-refractivity contribution in [1.29, 1.82) is 0 Å². The van der Waals surface area contributed by atoms with Gasteiger partial charge in [0.2, 0.25) is 0 Å². The summed E-state index contributed by atoms with van der Waals surface area (Å²) in [5, 5.41) is 3.47. The van der Waals surface area contributed by atoms with Crippen molar-refractivity contribution in [2.24, 2.45) is 0 Å². The standard InChI is InChI=1S/C12H14BrClFN/c13-11-6-10(15)3-2-9(11)7-16-12(8-14)4-1-5-12/h2-3,6,16H,1,4-5,7-8H2. The molecule has 1 nitrogen and oxygen atoms in total. The van der Waals surface area contributed by atoms with Gasteiger partial charge in [-0.3, -0.25) is 0 Å². The second-order valence-corrected chi connectivity index (χ2v) is 5.48. The number of rotatable bonds is 4. The third-order valence-corrected chi connectivity index (χ3v) is 4.49. The molecular weight excluding hydrogens is 292 g/mol. The first-order chi connectivity index (χ1) is 7.65. The van der Waals surface area contributed by atoms with Crippen LogP contribution in [0.5, 0.6) is 0 Å². The molecule has 2 rings (SSSR count). The Kier molecular flexibility index (Phi) is 3.88. The third-order valence-electron chi connectivity index (χ3n) is 3.24. The average molecular weight is 307 g/mol. The van der Waals surface area contributed by atoms with Gasteiger partial charge in [0.15, 0.2) is 0 Å². The Bertz CT molecular complexity index is 374. The lowest BCUT2D eigenvalue weighted by Crippen LogP contribution is -2.52. The smallest absolute Gasteiger partial charge is 0.124 e. The summed E-state index contributed by atoms with van der Waals surface area (Å²) in [5.74, 6) is 0.428. The molecule has 1 saturated carbocycles. The van der Waals surface area contributed by atoms with E-state index in [4.69, 9.17) is 11.6 Å². The molecule has 16 heavy (non-hydrogen) atoms. The molecule has 0 heterocycles. The first-order valence-corrected chi connectivity index (χ1v) is 6.73. The minimum Gasteiger partial charge on any atom is -0.306 e. The minimum atomic E-state index is -0.216. The van der Waals surface area contributed by atoms with E-state index >= 15 is 0 Å². The lowest BCUT2D eigenvalue weighted by Gasteiger charge is -2.41. The zero-order valence-corrected chi connectivity index (χ0v) is 11.2. The molecule has 0 spiro atoms. The summed E-state index contributed by atoms with van der Waals surface area (Å²) in [5.41, 5.74) is 1.17. The summed E-state index contributed by atoms with van der Waals surface area (Å²) in [7, 11) is 0. The van der Waals surface area contributed by atoms with Crippen LogP contribution < -0.4 is 5.32 Å². The summed E-state index contributed by atoms with van der Waals surface area (Å²) < 4.78 is 13.7. The van der Waals surface area contributed by atoms with Gasteiger partial charge < -0.3 is 5.32 Å². The van der Waals surface area contributed by atoms with Crippen molar-refractivity contribution in [2.45, 2.75) is 31.3 Å². The first-order valence-electron chi connectivity index (χ1n) is 5.40. The normalized spacial score (nSPS) is 18.2. The molecule has 1 N–H and O–H groups in total.